The van der Waals surface area contributed by atoms with Crippen molar-refractivity contribution >= 4 is 11.9 Å². The van der Waals surface area contributed by atoms with Crippen molar-refractivity contribution < 1.29 is 24.5 Å². The Hall–Kier alpha value is -2.83. The molecule has 0 aliphatic carbocycles. The molecule has 0 aliphatic rings. The van der Waals surface area contributed by atoms with Crippen molar-refractivity contribution in [3.05, 3.63) is 48.5 Å². The second kappa shape index (κ2) is 10.0. The third-order valence-corrected chi connectivity index (χ3v) is 3.42. The van der Waals surface area contributed by atoms with Crippen molar-refractivity contribution in [3.8, 4) is 5.75 Å². The zero-order chi connectivity index (χ0) is 17.9. The first-order chi connectivity index (χ1) is 11.4. The van der Waals surface area contributed by atoms with Gasteiger partial charge in [0.15, 0.2) is 0 Å². The molecule has 0 amide bonds. The molecule has 0 saturated carbocycles. The van der Waals surface area contributed by atoms with E-state index in [9.17, 15) is 0 Å². The van der Waals surface area contributed by atoms with Gasteiger partial charge in [-0.05, 0) is 30.0 Å². The Morgan fingerprint density at radius 1 is 1.21 bits per heavy atom. The molecule has 7 heteroatoms. The van der Waals surface area contributed by atoms with Crippen LogP contribution in [0.5, 0.6) is 5.75 Å². The van der Waals surface area contributed by atoms with E-state index in [4.69, 9.17) is 24.5 Å². The van der Waals surface area contributed by atoms with E-state index in [0.29, 0.717) is 12.5 Å². The van der Waals surface area contributed by atoms with Crippen LogP contribution in [0.4, 0.5) is 0 Å². The maximum Gasteiger partial charge on any atom is 0.414 e. The third-order valence-electron chi connectivity index (χ3n) is 3.42. The van der Waals surface area contributed by atoms with Crippen molar-refractivity contribution in [1.82, 2.24) is 9.55 Å². The van der Waals surface area contributed by atoms with Crippen LogP contribution >= 0.6 is 0 Å². The highest BCUT2D eigenvalue weighted by Crippen LogP contribution is 2.21. The first-order valence-electron chi connectivity index (χ1n) is 7.58. The van der Waals surface area contributed by atoms with Crippen molar-refractivity contribution in [2.45, 2.75) is 32.7 Å². The predicted octanol–water partition coefficient (Wildman–Crippen LogP) is 2.63. The van der Waals surface area contributed by atoms with E-state index >= 15 is 0 Å². The van der Waals surface area contributed by atoms with E-state index in [1.165, 1.54) is 12.0 Å². The van der Waals surface area contributed by atoms with Gasteiger partial charge >= 0.3 is 11.9 Å². The smallest absolute Gasteiger partial charge is 0.414 e. The first kappa shape index (κ1) is 19.2. The van der Waals surface area contributed by atoms with Crippen molar-refractivity contribution in [1.29, 1.82) is 0 Å². The molecule has 1 aromatic carbocycles. The van der Waals surface area contributed by atoms with Crippen molar-refractivity contribution in [3.63, 3.8) is 0 Å². The van der Waals surface area contributed by atoms with Crippen LogP contribution in [-0.4, -0.2) is 38.3 Å². The molecule has 0 spiro atoms. The summed E-state index contributed by atoms with van der Waals surface area (Å²) in [4.78, 5) is 22.2. The highest BCUT2D eigenvalue weighted by molar-refractivity contribution is 6.27. The number of aliphatic carboxylic acids is 2. The summed E-state index contributed by atoms with van der Waals surface area (Å²) in [7, 11) is 0. The van der Waals surface area contributed by atoms with E-state index in [0.717, 1.165) is 12.3 Å². The average Bonchev–Trinajstić information content (AvgIpc) is 3.08. The maximum absolute atomic E-state index is 9.10. The minimum Gasteiger partial charge on any atom is -0.492 e. The first-order valence-corrected chi connectivity index (χ1v) is 7.58. The fourth-order valence-electron chi connectivity index (χ4n) is 1.82. The quantitative estimate of drug-likeness (QED) is 0.787. The molecule has 2 aromatic rings. The number of rotatable bonds is 6. The Morgan fingerprint density at radius 2 is 1.83 bits per heavy atom. The minimum atomic E-state index is -1.82. The number of imidazole rings is 1. The monoisotopic (exact) mass is 334 g/mol. The summed E-state index contributed by atoms with van der Waals surface area (Å²) in [5.74, 6) is -2.10. The number of hydrogen-bond donors (Lipinski definition) is 2. The third kappa shape index (κ3) is 6.95. The Morgan fingerprint density at radius 3 is 2.29 bits per heavy atom. The molecule has 1 heterocycles. The molecule has 0 aliphatic heterocycles. The van der Waals surface area contributed by atoms with Gasteiger partial charge in [0.2, 0.25) is 0 Å². The molecular weight excluding hydrogens is 312 g/mol. The highest BCUT2D eigenvalue weighted by Gasteiger charge is 2.04. The van der Waals surface area contributed by atoms with Gasteiger partial charge in [-0.1, -0.05) is 26.0 Å². The average molecular weight is 334 g/mol. The fourth-order valence-corrected chi connectivity index (χ4v) is 1.82. The summed E-state index contributed by atoms with van der Waals surface area (Å²) in [6.07, 6.45) is 6.69. The van der Waals surface area contributed by atoms with Crippen LogP contribution in [0.1, 0.15) is 31.7 Å². The molecule has 24 heavy (non-hydrogen) atoms. The van der Waals surface area contributed by atoms with Crippen LogP contribution in [0.3, 0.4) is 0 Å². The second-order valence-electron chi connectivity index (χ2n) is 5.14. The lowest BCUT2D eigenvalue weighted by atomic mass is 9.99. The zero-order valence-electron chi connectivity index (χ0n) is 13.8. The SMILES string of the molecule is CCC(C)c1ccc(OCCn2ccnc2)cc1.O=C(O)C(=O)O. The van der Waals surface area contributed by atoms with Gasteiger partial charge < -0.3 is 19.5 Å². The Bertz CT molecular complexity index is 611. The molecule has 0 bridgehead atoms. The van der Waals surface area contributed by atoms with Crippen LogP contribution in [0.15, 0.2) is 43.0 Å². The maximum atomic E-state index is 9.10. The molecule has 1 atom stereocenters. The standard InChI is InChI=1S/C15H20N2O.C2H2O4/c1-3-13(2)14-4-6-15(7-5-14)18-11-10-17-9-8-16-12-17;3-1(4)2(5)6/h4-9,12-13H,3,10-11H2,1-2H3;(H,3,4)(H,5,6). The summed E-state index contributed by atoms with van der Waals surface area (Å²) in [6, 6.07) is 8.41. The van der Waals surface area contributed by atoms with Crippen LogP contribution < -0.4 is 4.74 Å². The number of aromatic nitrogens is 2. The number of hydrogen-bond acceptors (Lipinski definition) is 4. The minimum absolute atomic E-state index is 0.616. The second-order valence-corrected chi connectivity index (χ2v) is 5.14. The van der Waals surface area contributed by atoms with Crippen LogP contribution in [0.2, 0.25) is 0 Å². The topological polar surface area (TPSA) is 102 Å². The van der Waals surface area contributed by atoms with Crippen molar-refractivity contribution in [2.24, 2.45) is 0 Å². The van der Waals surface area contributed by atoms with E-state index in [1.54, 1.807) is 12.5 Å². The summed E-state index contributed by atoms with van der Waals surface area (Å²) >= 11 is 0. The molecule has 2 N–H and O–H groups in total. The van der Waals surface area contributed by atoms with E-state index in [2.05, 4.69) is 43.1 Å². The number of ether oxygens (including phenoxy) is 1. The summed E-state index contributed by atoms with van der Waals surface area (Å²) in [5.41, 5.74) is 1.37. The van der Waals surface area contributed by atoms with Gasteiger partial charge in [-0.25, -0.2) is 14.6 Å². The highest BCUT2D eigenvalue weighted by atomic mass is 16.5. The molecule has 1 aromatic heterocycles. The Labute approximate surface area is 140 Å². The summed E-state index contributed by atoms with van der Waals surface area (Å²) in [6.45, 7) is 5.95. The number of nitrogens with zero attached hydrogens (tertiary/aromatic N) is 2. The van der Waals surface area contributed by atoms with Gasteiger partial charge in [0.1, 0.15) is 12.4 Å². The zero-order valence-corrected chi connectivity index (χ0v) is 13.8. The lowest BCUT2D eigenvalue weighted by Crippen LogP contribution is -2.09. The molecule has 0 fully saturated rings. The van der Waals surface area contributed by atoms with Crippen LogP contribution in [0.25, 0.3) is 0 Å². The molecule has 130 valence electrons. The van der Waals surface area contributed by atoms with Gasteiger partial charge in [0.25, 0.3) is 0 Å². The summed E-state index contributed by atoms with van der Waals surface area (Å²) in [5, 5.41) is 14.8. The van der Waals surface area contributed by atoms with E-state index in [-0.39, 0.29) is 0 Å². The van der Waals surface area contributed by atoms with Gasteiger partial charge in [0.05, 0.1) is 12.9 Å². The van der Waals surface area contributed by atoms with Crippen LogP contribution in [0, 0.1) is 0 Å². The fraction of sp³-hybridized carbons (Fsp3) is 0.353. The predicted molar refractivity (Wildman–Crippen MR) is 88.1 cm³/mol. The normalized spacial score (nSPS) is 11.1. The van der Waals surface area contributed by atoms with E-state index in [1.807, 2.05) is 10.8 Å². The molecule has 0 saturated heterocycles. The molecule has 2 rings (SSSR count). The Balaban J connectivity index is 0.000000413. The van der Waals surface area contributed by atoms with Crippen molar-refractivity contribution in [2.75, 3.05) is 6.61 Å². The number of carboxylic acid groups (broad SMARTS) is 2. The van der Waals surface area contributed by atoms with Crippen LogP contribution in [-0.2, 0) is 16.1 Å². The van der Waals surface area contributed by atoms with Gasteiger partial charge in [-0.3, -0.25) is 0 Å². The largest absolute Gasteiger partial charge is 0.492 e. The van der Waals surface area contributed by atoms with Gasteiger partial charge in [-0.2, -0.15) is 0 Å². The number of carboxylic acids is 2. The molecule has 7 nitrogen and oxygen atoms in total. The number of benzene rings is 1. The van der Waals surface area contributed by atoms with E-state index < -0.39 is 11.9 Å². The van der Waals surface area contributed by atoms with Gasteiger partial charge in [0, 0.05) is 12.4 Å². The lowest BCUT2D eigenvalue weighted by molar-refractivity contribution is -0.159. The molecule has 1 unspecified atom stereocenters. The Kier molecular flexibility index (Phi) is 8.04. The van der Waals surface area contributed by atoms with Gasteiger partial charge in [-0.15, -0.1) is 0 Å². The summed E-state index contributed by atoms with van der Waals surface area (Å²) < 4.78 is 7.71. The molecular formula is C17H22N2O5. The lowest BCUT2D eigenvalue weighted by Gasteiger charge is -2.11. The number of carbonyl (C=O) groups is 2. The molecule has 0 radical (unpaired) electrons.